The molecule has 26 heavy (non-hydrogen) atoms. The number of furan rings is 1. The van der Waals surface area contributed by atoms with Gasteiger partial charge in [-0.2, -0.15) is 0 Å². The van der Waals surface area contributed by atoms with Crippen molar-refractivity contribution in [3.05, 3.63) is 24.2 Å². The molecule has 2 rings (SSSR count). The van der Waals surface area contributed by atoms with Crippen molar-refractivity contribution in [3.8, 4) is 0 Å². The third-order valence-corrected chi connectivity index (χ3v) is 4.65. The van der Waals surface area contributed by atoms with Crippen molar-refractivity contribution in [3.63, 3.8) is 0 Å². The number of ether oxygens (including phenoxy) is 1. The maximum absolute atomic E-state index is 5.45. The second-order valence-corrected chi connectivity index (χ2v) is 7.07. The Balaban J connectivity index is 0.00000338. The van der Waals surface area contributed by atoms with Crippen LogP contribution in [0.15, 0.2) is 27.8 Å². The van der Waals surface area contributed by atoms with Gasteiger partial charge in [-0.3, -0.25) is 4.99 Å². The molecular formula is C20H36IN3O2. The van der Waals surface area contributed by atoms with Crippen molar-refractivity contribution in [1.29, 1.82) is 0 Å². The van der Waals surface area contributed by atoms with Gasteiger partial charge in [0.05, 0.1) is 12.9 Å². The standard InChI is InChI=1S/C20H35N3O2.HI/c1-3-4-5-6-8-17(2)23-20(22-15-18-11-14-24-16-18)21-12-10-19-9-7-13-25-19;/h7,9,13,17-18H,3-6,8,10-12,14-16H2,1-2H3,(H2,21,22,23);1H. The number of nitrogens with zero attached hydrogens (tertiary/aromatic N) is 1. The summed E-state index contributed by atoms with van der Waals surface area (Å²) in [7, 11) is 0. The lowest BCUT2D eigenvalue weighted by Crippen LogP contribution is -2.43. The fourth-order valence-electron chi connectivity index (χ4n) is 3.04. The topological polar surface area (TPSA) is 58.8 Å². The first kappa shape index (κ1) is 23.3. The van der Waals surface area contributed by atoms with Gasteiger partial charge in [0.25, 0.3) is 0 Å². The normalized spacial score (nSPS) is 18.4. The molecule has 6 heteroatoms. The highest BCUT2D eigenvalue weighted by Gasteiger charge is 2.15. The number of rotatable bonds is 11. The molecule has 2 atom stereocenters. The predicted octanol–water partition coefficient (Wildman–Crippen LogP) is 4.37. The Hall–Kier alpha value is -0.760. The van der Waals surface area contributed by atoms with Gasteiger partial charge in [-0.05, 0) is 31.9 Å². The minimum atomic E-state index is 0. The number of hydrogen-bond acceptors (Lipinski definition) is 3. The Morgan fingerprint density at radius 3 is 2.92 bits per heavy atom. The number of aliphatic imine (C=N–C) groups is 1. The van der Waals surface area contributed by atoms with E-state index in [1.165, 1.54) is 32.1 Å². The first-order valence-corrected chi connectivity index (χ1v) is 9.93. The van der Waals surface area contributed by atoms with Crippen LogP contribution < -0.4 is 10.6 Å². The summed E-state index contributed by atoms with van der Waals surface area (Å²) in [6.07, 6.45) is 10.1. The lowest BCUT2D eigenvalue weighted by Gasteiger charge is -2.19. The molecule has 5 nitrogen and oxygen atoms in total. The zero-order valence-corrected chi connectivity index (χ0v) is 18.7. The van der Waals surface area contributed by atoms with Crippen molar-refractivity contribution >= 4 is 29.9 Å². The summed E-state index contributed by atoms with van der Waals surface area (Å²) in [4.78, 5) is 4.79. The molecule has 1 saturated heterocycles. The Labute approximate surface area is 175 Å². The van der Waals surface area contributed by atoms with Crippen LogP contribution in [0.2, 0.25) is 0 Å². The first-order chi connectivity index (χ1) is 12.3. The van der Waals surface area contributed by atoms with E-state index in [0.29, 0.717) is 12.0 Å². The van der Waals surface area contributed by atoms with Crippen LogP contribution in [0.3, 0.4) is 0 Å². The SMILES string of the molecule is CCCCCCC(C)NC(=NCC1CCOC1)NCCc1ccco1.I. The van der Waals surface area contributed by atoms with E-state index in [1.807, 2.05) is 12.1 Å². The molecule has 0 spiro atoms. The van der Waals surface area contributed by atoms with Gasteiger partial charge >= 0.3 is 0 Å². The van der Waals surface area contributed by atoms with Crippen molar-refractivity contribution in [2.45, 2.75) is 64.8 Å². The molecule has 1 fully saturated rings. The molecule has 150 valence electrons. The number of unbranched alkanes of at least 4 members (excludes halogenated alkanes) is 3. The highest BCUT2D eigenvalue weighted by atomic mass is 127. The van der Waals surface area contributed by atoms with E-state index in [9.17, 15) is 0 Å². The molecule has 0 saturated carbocycles. The second-order valence-electron chi connectivity index (χ2n) is 7.07. The van der Waals surface area contributed by atoms with Crippen LogP contribution in [0.1, 0.15) is 58.1 Å². The average molecular weight is 477 g/mol. The highest BCUT2D eigenvalue weighted by molar-refractivity contribution is 14.0. The Morgan fingerprint density at radius 2 is 2.23 bits per heavy atom. The Bertz CT molecular complexity index is 473. The molecule has 1 aromatic heterocycles. The van der Waals surface area contributed by atoms with Gasteiger partial charge in [0.15, 0.2) is 5.96 Å². The zero-order valence-electron chi connectivity index (χ0n) is 16.3. The van der Waals surface area contributed by atoms with Crippen molar-refractivity contribution < 1.29 is 9.15 Å². The molecular weight excluding hydrogens is 441 g/mol. The van der Waals surface area contributed by atoms with Crippen LogP contribution in [0, 0.1) is 5.92 Å². The molecule has 2 heterocycles. The van der Waals surface area contributed by atoms with E-state index < -0.39 is 0 Å². The number of nitrogens with one attached hydrogen (secondary N) is 2. The molecule has 0 aliphatic carbocycles. The predicted molar refractivity (Wildman–Crippen MR) is 118 cm³/mol. The van der Waals surface area contributed by atoms with Crippen LogP contribution in [-0.2, 0) is 11.2 Å². The highest BCUT2D eigenvalue weighted by Crippen LogP contribution is 2.12. The van der Waals surface area contributed by atoms with Gasteiger partial charge in [-0.15, -0.1) is 24.0 Å². The fraction of sp³-hybridized carbons (Fsp3) is 0.750. The van der Waals surface area contributed by atoms with Crippen LogP contribution >= 0.6 is 24.0 Å². The first-order valence-electron chi connectivity index (χ1n) is 9.93. The summed E-state index contributed by atoms with van der Waals surface area (Å²) in [5.74, 6) is 2.48. The van der Waals surface area contributed by atoms with Crippen molar-refractivity contribution in [2.24, 2.45) is 10.9 Å². The molecule has 0 amide bonds. The monoisotopic (exact) mass is 477 g/mol. The third-order valence-electron chi connectivity index (χ3n) is 4.65. The van der Waals surface area contributed by atoms with E-state index >= 15 is 0 Å². The minimum absolute atomic E-state index is 0. The maximum Gasteiger partial charge on any atom is 0.191 e. The number of hydrogen-bond donors (Lipinski definition) is 2. The molecule has 0 bridgehead atoms. The lowest BCUT2D eigenvalue weighted by atomic mass is 10.1. The summed E-state index contributed by atoms with van der Waals surface area (Å²) in [5, 5.41) is 7.02. The molecule has 0 aromatic carbocycles. The molecule has 2 N–H and O–H groups in total. The quantitative estimate of drug-likeness (QED) is 0.215. The summed E-state index contributed by atoms with van der Waals surface area (Å²) >= 11 is 0. The van der Waals surface area contributed by atoms with Crippen molar-refractivity contribution in [2.75, 3.05) is 26.3 Å². The zero-order chi connectivity index (χ0) is 17.7. The van der Waals surface area contributed by atoms with E-state index in [0.717, 1.165) is 50.9 Å². The largest absolute Gasteiger partial charge is 0.469 e. The van der Waals surface area contributed by atoms with Crippen LogP contribution in [0.5, 0.6) is 0 Å². The summed E-state index contributed by atoms with van der Waals surface area (Å²) in [6.45, 7) is 7.87. The second kappa shape index (κ2) is 14.3. The van der Waals surface area contributed by atoms with Gasteiger partial charge in [0.2, 0.25) is 0 Å². The van der Waals surface area contributed by atoms with E-state index in [4.69, 9.17) is 14.1 Å². The molecule has 0 radical (unpaired) electrons. The van der Waals surface area contributed by atoms with Gasteiger partial charge in [0.1, 0.15) is 5.76 Å². The summed E-state index contributed by atoms with van der Waals surface area (Å²) in [6, 6.07) is 4.38. The van der Waals surface area contributed by atoms with E-state index in [1.54, 1.807) is 6.26 Å². The van der Waals surface area contributed by atoms with Crippen molar-refractivity contribution in [1.82, 2.24) is 10.6 Å². The van der Waals surface area contributed by atoms with E-state index in [-0.39, 0.29) is 24.0 Å². The lowest BCUT2D eigenvalue weighted by molar-refractivity contribution is 0.187. The molecule has 1 aromatic rings. The molecule has 1 aliphatic rings. The summed E-state index contributed by atoms with van der Waals surface area (Å²) in [5.41, 5.74) is 0. The number of halogens is 1. The average Bonchev–Trinajstić information content (AvgIpc) is 3.30. The number of guanidine groups is 1. The van der Waals surface area contributed by atoms with Gasteiger partial charge < -0.3 is 19.8 Å². The smallest absolute Gasteiger partial charge is 0.191 e. The summed E-state index contributed by atoms with van der Waals surface area (Å²) < 4.78 is 10.9. The third kappa shape index (κ3) is 9.80. The maximum atomic E-state index is 5.45. The Morgan fingerprint density at radius 1 is 1.35 bits per heavy atom. The molecule has 2 unspecified atom stereocenters. The fourth-order valence-corrected chi connectivity index (χ4v) is 3.04. The van der Waals surface area contributed by atoms with Gasteiger partial charge in [-0.25, -0.2) is 0 Å². The molecule has 1 aliphatic heterocycles. The van der Waals surface area contributed by atoms with Crippen LogP contribution in [-0.4, -0.2) is 38.3 Å². The van der Waals surface area contributed by atoms with Gasteiger partial charge in [-0.1, -0.05) is 32.6 Å². The Kier molecular flexibility index (Phi) is 12.8. The van der Waals surface area contributed by atoms with Crippen LogP contribution in [0.4, 0.5) is 0 Å². The van der Waals surface area contributed by atoms with Crippen LogP contribution in [0.25, 0.3) is 0 Å². The van der Waals surface area contributed by atoms with Gasteiger partial charge in [0, 0.05) is 38.1 Å². The van der Waals surface area contributed by atoms with E-state index in [2.05, 4.69) is 24.5 Å². The minimum Gasteiger partial charge on any atom is -0.469 e.